The van der Waals surface area contributed by atoms with E-state index in [9.17, 15) is 0 Å². The van der Waals surface area contributed by atoms with Gasteiger partial charge in [-0.25, -0.2) is 0 Å². The van der Waals surface area contributed by atoms with Gasteiger partial charge in [-0.3, -0.25) is 0 Å². The topological polar surface area (TPSA) is 26.0 Å². The Morgan fingerprint density at radius 3 is 2.95 bits per heavy atom. The second kappa shape index (κ2) is 6.25. The molecule has 1 heterocycles. The van der Waals surface area contributed by atoms with Gasteiger partial charge in [-0.1, -0.05) is 30.3 Å². The fraction of sp³-hybridized carbons (Fsp3) is 0.294. The summed E-state index contributed by atoms with van der Waals surface area (Å²) in [5.74, 6) is 3.02. The fourth-order valence-corrected chi connectivity index (χ4v) is 4.94. The van der Waals surface area contributed by atoms with Gasteiger partial charge < -0.3 is 5.73 Å². The Hall–Kier alpha value is -0.900. The number of hydrogen-bond acceptors (Lipinski definition) is 3. The molecule has 1 aliphatic rings. The lowest BCUT2D eigenvalue weighted by atomic mass is 10.0. The van der Waals surface area contributed by atoms with Gasteiger partial charge in [0.05, 0.1) is 0 Å². The molecule has 0 saturated heterocycles. The first-order valence-corrected chi connectivity index (χ1v) is 8.91. The van der Waals surface area contributed by atoms with Crippen LogP contribution in [0.5, 0.6) is 0 Å². The first-order chi connectivity index (χ1) is 9.74. The summed E-state index contributed by atoms with van der Waals surface area (Å²) >= 11 is 3.93. The summed E-state index contributed by atoms with van der Waals surface area (Å²) in [5, 5.41) is 0. The maximum Gasteiger partial charge on any atom is 0.0266 e. The van der Waals surface area contributed by atoms with Crippen molar-refractivity contribution in [1.82, 2.24) is 0 Å². The summed E-state index contributed by atoms with van der Waals surface area (Å²) in [6, 6.07) is 17.5. The van der Waals surface area contributed by atoms with E-state index in [1.54, 1.807) is 0 Å². The molecule has 2 aromatic carbocycles. The smallest absolute Gasteiger partial charge is 0.0266 e. The van der Waals surface area contributed by atoms with Gasteiger partial charge in [0.25, 0.3) is 0 Å². The average molecular weight is 301 g/mol. The van der Waals surface area contributed by atoms with Crippen molar-refractivity contribution in [2.45, 2.75) is 28.7 Å². The highest BCUT2D eigenvalue weighted by Crippen LogP contribution is 2.41. The second-order valence-electron chi connectivity index (χ2n) is 5.22. The van der Waals surface area contributed by atoms with Crippen molar-refractivity contribution in [3.05, 3.63) is 59.7 Å². The van der Waals surface area contributed by atoms with Crippen molar-refractivity contribution in [3.8, 4) is 0 Å². The number of fused-ring (bicyclic) bond motifs is 1. The highest BCUT2D eigenvalue weighted by molar-refractivity contribution is 8.00. The molecule has 0 amide bonds. The van der Waals surface area contributed by atoms with Crippen molar-refractivity contribution in [2.24, 2.45) is 5.73 Å². The summed E-state index contributed by atoms with van der Waals surface area (Å²) in [5.41, 5.74) is 8.69. The van der Waals surface area contributed by atoms with Crippen LogP contribution in [0.15, 0.2) is 58.3 Å². The summed E-state index contributed by atoms with van der Waals surface area (Å²) < 4.78 is 0. The van der Waals surface area contributed by atoms with E-state index in [0.717, 1.165) is 5.75 Å². The Kier molecular flexibility index (Phi) is 4.39. The SMILES string of the molecule is CC(N)c1cccc(SCC2CSc3ccccc32)c1. The number of thioether (sulfide) groups is 2. The minimum absolute atomic E-state index is 0.110. The lowest BCUT2D eigenvalue weighted by Gasteiger charge is -2.12. The molecule has 2 atom stereocenters. The van der Waals surface area contributed by atoms with Crippen LogP contribution in [-0.4, -0.2) is 11.5 Å². The third-order valence-electron chi connectivity index (χ3n) is 3.63. The standard InChI is InChI=1S/C17H19NS2/c1-12(18)13-5-4-6-15(9-13)19-10-14-11-20-17-8-3-2-7-16(14)17/h2-9,12,14H,10-11,18H2,1H3. The van der Waals surface area contributed by atoms with Crippen molar-refractivity contribution in [1.29, 1.82) is 0 Å². The van der Waals surface area contributed by atoms with Crippen LogP contribution in [0.1, 0.15) is 30.0 Å². The minimum atomic E-state index is 0.110. The maximum atomic E-state index is 5.95. The van der Waals surface area contributed by atoms with Gasteiger partial charge >= 0.3 is 0 Å². The van der Waals surface area contributed by atoms with E-state index in [1.807, 2.05) is 30.4 Å². The lowest BCUT2D eigenvalue weighted by Crippen LogP contribution is -2.04. The van der Waals surface area contributed by atoms with Crippen LogP contribution in [0.2, 0.25) is 0 Å². The zero-order valence-electron chi connectivity index (χ0n) is 11.6. The molecule has 3 heteroatoms. The fourth-order valence-electron chi connectivity index (χ4n) is 2.45. The van der Waals surface area contributed by atoms with Crippen molar-refractivity contribution < 1.29 is 0 Å². The van der Waals surface area contributed by atoms with Crippen LogP contribution >= 0.6 is 23.5 Å². The Morgan fingerprint density at radius 2 is 2.10 bits per heavy atom. The molecule has 0 saturated carbocycles. The molecule has 2 N–H and O–H groups in total. The number of hydrogen-bond donors (Lipinski definition) is 1. The second-order valence-corrected chi connectivity index (χ2v) is 7.37. The first-order valence-electron chi connectivity index (χ1n) is 6.94. The molecule has 0 spiro atoms. The Balaban J connectivity index is 1.67. The molecule has 0 bridgehead atoms. The zero-order chi connectivity index (χ0) is 13.9. The molecule has 1 aliphatic heterocycles. The summed E-state index contributed by atoms with van der Waals surface area (Å²) in [6.45, 7) is 2.04. The monoisotopic (exact) mass is 301 g/mol. The summed E-state index contributed by atoms with van der Waals surface area (Å²) in [4.78, 5) is 2.79. The summed E-state index contributed by atoms with van der Waals surface area (Å²) in [6.07, 6.45) is 0. The largest absolute Gasteiger partial charge is 0.324 e. The molecule has 104 valence electrons. The molecule has 0 aliphatic carbocycles. The van der Waals surface area contributed by atoms with E-state index >= 15 is 0 Å². The van der Waals surface area contributed by atoms with Gasteiger partial charge in [-0.05, 0) is 36.2 Å². The Labute approximate surface area is 129 Å². The maximum absolute atomic E-state index is 5.95. The first kappa shape index (κ1) is 14.1. The van der Waals surface area contributed by atoms with Crippen LogP contribution in [-0.2, 0) is 0 Å². The molecular weight excluding hydrogens is 282 g/mol. The molecular formula is C17H19NS2. The molecule has 0 fully saturated rings. The van der Waals surface area contributed by atoms with E-state index in [1.165, 1.54) is 26.7 Å². The molecule has 0 aromatic heterocycles. The lowest BCUT2D eigenvalue weighted by molar-refractivity contribution is 0.814. The highest BCUT2D eigenvalue weighted by atomic mass is 32.2. The van der Waals surface area contributed by atoms with Crippen LogP contribution < -0.4 is 5.73 Å². The van der Waals surface area contributed by atoms with Gasteiger partial charge in [0.15, 0.2) is 0 Å². The number of benzene rings is 2. The van der Waals surface area contributed by atoms with E-state index in [2.05, 4.69) is 48.5 Å². The van der Waals surface area contributed by atoms with Crippen molar-refractivity contribution in [2.75, 3.05) is 11.5 Å². The van der Waals surface area contributed by atoms with E-state index in [-0.39, 0.29) is 6.04 Å². The predicted molar refractivity (Wildman–Crippen MR) is 89.7 cm³/mol. The van der Waals surface area contributed by atoms with Crippen molar-refractivity contribution in [3.63, 3.8) is 0 Å². The van der Waals surface area contributed by atoms with Crippen LogP contribution in [0.25, 0.3) is 0 Å². The number of nitrogens with two attached hydrogens (primary N) is 1. The Morgan fingerprint density at radius 1 is 1.25 bits per heavy atom. The minimum Gasteiger partial charge on any atom is -0.324 e. The number of rotatable bonds is 4. The van der Waals surface area contributed by atoms with Crippen LogP contribution in [0, 0.1) is 0 Å². The normalized spacial score (nSPS) is 18.8. The molecule has 20 heavy (non-hydrogen) atoms. The van der Waals surface area contributed by atoms with E-state index < -0.39 is 0 Å². The highest BCUT2D eigenvalue weighted by Gasteiger charge is 2.22. The molecule has 2 aromatic rings. The molecule has 2 unspecified atom stereocenters. The average Bonchev–Trinajstić information content (AvgIpc) is 2.89. The third-order valence-corrected chi connectivity index (χ3v) is 6.04. The van der Waals surface area contributed by atoms with Gasteiger partial charge in [0, 0.05) is 33.3 Å². The van der Waals surface area contributed by atoms with E-state index in [4.69, 9.17) is 5.73 Å². The van der Waals surface area contributed by atoms with Crippen LogP contribution in [0.3, 0.4) is 0 Å². The third kappa shape index (κ3) is 3.05. The van der Waals surface area contributed by atoms with Gasteiger partial charge in [0.2, 0.25) is 0 Å². The van der Waals surface area contributed by atoms with E-state index in [0.29, 0.717) is 5.92 Å². The van der Waals surface area contributed by atoms with Crippen molar-refractivity contribution >= 4 is 23.5 Å². The molecule has 1 nitrogen and oxygen atoms in total. The Bertz CT molecular complexity index is 595. The van der Waals surface area contributed by atoms with Gasteiger partial charge in [0.1, 0.15) is 0 Å². The van der Waals surface area contributed by atoms with Gasteiger partial charge in [-0.15, -0.1) is 23.5 Å². The van der Waals surface area contributed by atoms with Crippen LogP contribution in [0.4, 0.5) is 0 Å². The quantitative estimate of drug-likeness (QED) is 0.830. The summed E-state index contributed by atoms with van der Waals surface area (Å²) in [7, 11) is 0. The molecule has 3 rings (SSSR count). The predicted octanol–water partition coefficient (Wildman–Crippen LogP) is 4.69. The van der Waals surface area contributed by atoms with Gasteiger partial charge in [-0.2, -0.15) is 0 Å². The zero-order valence-corrected chi connectivity index (χ0v) is 13.2. The molecule has 0 radical (unpaired) electrons.